The van der Waals surface area contributed by atoms with Gasteiger partial charge < -0.3 is 65.8 Å². The van der Waals surface area contributed by atoms with Crippen molar-refractivity contribution in [3.63, 3.8) is 0 Å². The van der Waals surface area contributed by atoms with Crippen molar-refractivity contribution in [1.82, 2.24) is 10.6 Å². The summed E-state index contributed by atoms with van der Waals surface area (Å²) in [5, 5.41) is 34.4. The summed E-state index contributed by atoms with van der Waals surface area (Å²) in [6, 6.07) is 21.3. The third kappa shape index (κ3) is 13.9. The number of carbonyl (C=O) groups is 4. The van der Waals surface area contributed by atoms with Crippen molar-refractivity contribution in [2.45, 2.75) is 141 Å². The van der Waals surface area contributed by atoms with E-state index in [1.165, 1.54) is 17.0 Å². The summed E-state index contributed by atoms with van der Waals surface area (Å²) in [6.07, 6.45) is 0.765. The molecule has 0 fully saturated rings. The molecule has 0 aliphatic carbocycles. The van der Waals surface area contributed by atoms with Crippen LogP contribution in [0.3, 0.4) is 0 Å². The molecule has 10 aromatic rings. The topological polar surface area (TPSA) is 330 Å². The van der Waals surface area contributed by atoms with E-state index < -0.39 is 74.3 Å². The van der Waals surface area contributed by atoms with E-state index in [0.29, 0.717) is 61.8 Å². The summed E-state index contributed by atoms with van der Waals surface area (Å²) < 4.78 is 32.0. The first-order valence-corrected chi connectivity index (χ1v) is 34.1. The van der Waals surface area contributed by atoms with Crippen molar-refractivity contribution < 1.29 is 41.9 Å². The van der Waals surface area contributed by atoms with Crippen LogP contribution in [-0.2, 0) is 13.1 Å². The number of carboxylic acids is 1. The van der Waals surface area contributed by atoms with Crippen LogP contribution in [0.5, 0.6) is 0 Å². The molecular weight excluding hydrogens is 1390 g/mol. The van der Waals surface area contributed by atoms with Gasteiger partial charge in [-0.25, -0.2) is 9.18 Å². The van der Waals surface area contributed by atoms with E-state index in [9.17, 15) is 57.4 Å². The third-order valence-corrected chi connectivity index (χ3v) is 19.9. The Kier molecular flexibility index (Phi) is 19.8. The molecule has 0 spiro atoms. The van der Waals surface area contributed by atoms with Gasteiger partial charge in [-0.15, -0.1) is 0 Å². The number of aryl methyl sites for hydroxylation is 4. The van der Waals surface area contributed by atoms with E-state index in [1.807, 2.05) is 101 Å². The van der Waals surface area contributed by atoms with E-state index in [2.05, 4.69) is 42.5 Å². The highest BCUT2D eigenvalue weighted by Gasteiger charge is 2.41. The average molecular weight is 1460 g/mol. The molecule has 3 amide bonds. The molecule has 103 heavy (non-hydrogen) atoms. The van der Waals surface area contributed by atoms with Gasteiger partial charge in [0.15, 0.2) is 5.22 Å². The van der Waals surface area contributed by atoms with Crippen LogP contribution in [0.25, 0.3) is 0 Å². The number of halogens is 4. The second kappa shape index (κ2) is 27.7. The van der Waals surface area contributed by atoms with Gasteiger partial charge in [-0.05, 0) is 158 Å². The summed E-state index contributed by atoms with van der Waals surface area (Å²) in [5.41, 5.74) is 0.169. The van der Waals surface area contributed by atoms with E-state index in [1.54, 1.807) is 68.4 Å². The number of amides is 3. The van der Waals surface area contributed by atoms with Crippen molar-refractivity contribution in [2.24, 2.45) is 16.2 Å². The lowest BCUT2D eigenvalue weighted by Gasteiger charge is -2.34. The van der Waals surface area contributed by atoms with Crippen molar-refractivity contribution in [3.8, 4) is 0 Å². The maximum atomic E-state index is 14.7. The Bertz CT molecular complexity index is 5340. The second-order valence-electron chi connectivity index (χ2n) is 28.8. The van der Waals surface area contributed by atoms with Crippen LogP contribution in [0.1, 0.15) is 198 Å². The first kappa shape index (κ1) is 73.7. The highest BCUT2D eigenvalue weighted by Crippen LogP contribution is 2.46. The van der Waals surface area contributed by atoms with Gasteiger partial charge in [0.2, 0.25) is 0 Å². The van der Waals surface area contributed by atoms with Gasteiger partial charge in [0.05, 0.1) is 75.7 Å². The van der Waals surface area contributed by atoms with Crippen molar-refractivity contribution in [1.29, 1.82) is 0 Å². The van der Waals surface area contributed by atoms with Gasteiger partial charge in [-0.2, -0.15) is 0 Å². The summed E-state index contributed by atoms with van der Waals surface area (Å²) in [7, 11) is 0. The summed E-state index contributed by atoms with van der Waals surface area (Å²) in [6.45, 7) is 27.5. The van der Waals surface area contributed by atoms with Crippen LogP contribution >= 0.6 is 34.8 Å². The van der Waals surface area contributed by atoms with E-state index in [0.717, 1.165) is 29.1 Å². The minimum Gasteiger partial charge on any atom is -0.478 e. The average Bonchev–Trinajstić information content (AvgIpc) is 1.74. The van der Waals surface area contributed by atoms with Crippen LogP contribution in [0.15, 0.2) is 127 Å². The van der Waals surface area contributed by atoms with Gasteiger partial charge in [-0.1, -0.05) is 97.6 Å². The molecule has 0 radical (unpaired) electrons. The Morgan fingerprint density at radius 3 is 1.62 bits per heavy atom. The van der Waals surface area contributed by atoms with Crippen molar-refractivity contribution >= 4 is 115 Å². The number of aromatic carboxylic acids is 1. The Balaban J connectivity index is 0.000000157. The van der Waals surface area contributed by atoms with Crippen LogP contribution in [0.2, 0.25) is 15.3 Å². The molecule has 0 bridgehead atoms. The number of anilines is 10. The van der Waals surface area contributed by atoms with Crippen LogP contribution in [0, 0.1) is 49.8 Å². The Hall–Kier alpha value is -10.6. The zero-order valence-corrected chi connectivity index (χ0v) is 61.0. The van der Waals surface area contributed by atoms with Gasteiger partial charge in [0.1, 0.15) is 68.7 Å². The molecule has 0 saturated heterocycles. The lowest BCUT2D eigenvalue weighted by Crippen LogP contribution is -2.40. The number of carboxylic acid groups (broad SMARTS) is 1. The number of fused-ring (bicyclic) bond motifs is 3. The monoisotopic (exact) mass is 1460 g/mol. The minimum atomic E-state index is -1.16. The standard InChI is InChI=1S/C31H30ClN3O6.C24H26FN3O4.C21H19Cl2N3O4/c1-14-7-8-17(30(39)40)21(11-14)35-13-18-19(32)9-10-20(23(18)29(35)38)33-24-25(27(37)26(24)36)34-28(31(4,5)6)22-12-15(2)16(3)41-22;1-6-24(4,5)22(15-10-7-11(2)32-15)28-19-18(20(29)21(19)30)27-17-14(25)9-8-13-12(3)26-23(31)16(13)17;1-21(2,3)19(12-6-7-13(23)30-12)26-16-15(17(27)18(16)28)25-11-5-4-10(22)9-8-24-20(29)14(9)11/h7-12,28,33-34H,13H2,1-6H3,(H,39,40);7-10,12,22,27-28H,6H2,1-5H3,(H,26,31);4-7,19,25-26H,8H2,1-3H3,(H,24,29)/t28-;12?,22-;19-/m000/s1. The zero-order chi connectivity index (χ0) is 75.1. The minimum absolute atomic E-state index is 0.0204. The van der Waals surface area contributed by atoms with Gasteiger partial charge >= 0.3 is 5.97 Å². The number of nitrogens with zero attached hydrogens (tertiary/aromatic N) is 1. The van der Waals surface area contributed by atoms with Crippen molar-refractivity contribution in [3.05, 3.63) is 246 Å². The molecule has 0 saturated carbocycles. The first-order valence-electron chi connectivity index (χ1n) is 33.0. The number of rotatable bonds is 19. The highest BCUT2D eigenvalue weighted by molar-refractivity contribution is 6.33. The SMILES string of the molecule is CC(C)(C)[C@@H](Nc1c(Nc2ccc(Cl)c3c2C(=O)NC3)c(=O)c1=O)c1ccc(Cl)o1.CCC(C)(C)[C@@H](Nc1c(Nc2c(F)ccc3c2C(=O)NC3C)c(=O)c1=O)c1ccc(C)o1.Cc1ccc(C(=O)O)c(N2Cc3c(Cl)ccc(Nc4c(N[C@@H](c5cc(C)c(C)o5)C(C)(C)C)c(=O)c4=O)c3C2=O)c1. The summed E-state index contributed by atoms with van der Waals surface area (Å²) in [5.74, 6) is 0.258. The molecule has 4 atom stereocenters. The molecule has 13 rings (SSSR count). The fraction of sp³-hybridized carbons (Fsp3) is 0.316. The van der Waals surface area contributed by atoms with Gasteiger partial charge in [-0.3, -0.25) is 43.2 Å². The van der Waals surface area contributed by atoms with Gasteiger partial charge in [0, 0.05) is 27.7 Å². The van der Waals surface area contributed by atoms with Gasteiger partial charge in [0.25, 0.3) is 50.3 Å². The number of hydrogen-bond acceptors (Lipinski definition) is 19. The molecule has 6 heterocycles. The quantitative estimate of drug-likeness (QED) is 0.0340. The van der Waals surface area contributed by atoms with Crippen molar-refractivity contribution in [2.75, 3.05) is 36.8 Å². The molecule has 27 heteroatoms. The maximum absolute atomic E-state index is 14.7. The predicted octanol–water partition coefficient (Wildman–Crippen LogP) is 15.1. The molecule has 536 valence electrons. The molecule has 23 nitrogen and oxygen atoms in total. The molecule has 9 N–H and O–H groups in total. The fourth-order valence-electron chi connectivity index (χ4n) is 12.7. The van der Waals surface area contributed by atoms with E-state index in [-0.39, 0.29) is 108 Å². The second-order valence-corrected chi connectivity index (χ2v) is 29.9. The Morgan fingerprint density at radius 2 is 1.11 bits per heavy atom. The number of hydrogen-bond donors (Lipinski definition) is 9. The van der Waals surface area contributed by atoms with Crippen LogP contribution in [-0.4, -0.2) is 28.8 Å². The van der Waals surface area contributed by atoms with Crippen LogP contribution < -0.4 is 80.0 Å². The number of benzene rings is 4. The molecule has 3 aliphatic heterocycles. The predicted molar refractivity (Wildman–Crippen MR) is 396 cm³/mol. The molecule has 1 unspecified atom stereocenters. The highest BCUT2D eigenvalue weighted by atomic mass is 35.5. The first-order chi connectivity index (χ1) is 48.3. The van der Waals surface area contributed by atoms with Crippen LogP contribution in [0.4, 0.5) is 61.3 Å². The number of furan rings is 3. The summed E-state index contributed by atoms with van der Waals surface area (Å²) in [4.78, 5) is 127. The summed E-state index contributed by atoms with van der Waals surface area (Å²) >= 11 is 18.6. The molecule has 3 aliphatic rings. The smallest absolute Gasteiger partial charge is 0.337 e. The largest absolute Gasteiger partial charge is 0.478 e. The number of carbonyl (C=O) groups excluding carboxylic acids is 3. The normalized spacial score (nSPS) is 15.0. The molecule has 7 aromatic carbocycles. The molecule has 3 aromatic heterocycles. The van der Waals surface area contributed by atoms with E-state index in [4.69, 9.17) is 48.1 Å². The van der Waals surface area contributed by atoms with E-state index >= 15 is 0 Å². The Morgan fingerprint density at radius 1 is 0.583 bits per heavy atom. The number of nitrogens with one attached hydrogen (secondary N) is 8. The fourth-order valence-corrected chi connectivity index (χ4v) is 13.3. The third-order valence-electron chi connectivity index (χ3n) is 19.0. The lowest BCUT2D eigenvalue weighted by atomic mass is 9.80. The molecular formula is C76H75Cl3FN9O14. The zero-order valence-electron chi connectivity index (χ0n) is 58.7. The maximum Gasteiger partial charge on any atom is 0.337 e. The lowest BCUT2D eigenvalue weighted by molar-refractivity contribution is 0.0697. The Labute approximate surface area is 604 Å².